The van der Waals surface area contributed by atoms with Crippen molar-refractivity contribution in [1.82, 2.24) is 4.57 Å². The van der Waals surface area contributed by atoms with E-state index < -0.39 is 23.2 Å². The lowest BCUT2D eigenvalue weighted by atomic mass is 10.1. The summed E-state index contributed by atoms with van der Waals surface area (Å²) < 4.78 is 39.5. The highest BCUT2D eigenvalue weighted by atomic mass is 19.4. The number of nitrogens with one attached hydrogen (secondary N) is 4. The molecule has 3 aromatic carbocycles. The van der Waals surface area contributed by atoms with Crippen molar-refractivity contribution in [2.75, 3.05) is 23.0 Å². The lowest BCUT2D eigenvalue weighted by Crippen LogP contribution is -2.27. The van der Waals surface area contributed by atoms with E-state index in [0.29, 0.717) is 27.7 Å². The van der Waals surface area contributed by atoms with E-state index in [-0.39, 0.29) is 12.2 Å². The fraction of sp³-hybridized carbons (Fsp3) is 0.115. The molecule has 0 bridgehead atoms. The third-order valence-corrected chi connectivity index (χ3v) is 5.57. The summed E-state index contributed by atoms with van der Waals surface area (Å²) in [6.45, 7) is -0.320. The molecule has 4 rings (SSSR count). The molecule has 0 saturated heterocycles. The van der Waals surface area contributed by atoms with Gasteiger partial charge in [0.2, 0.25) is 5.91 Å². The van der Waals surface area contributed by atoms with E-state index in [4.69, 9.17) is 5.41 Å². The van der Waals surface area contributed by atoms with Gasteiger partial charge in [-0.1, -0.05) is 12.1 Å². The molecule has 1 aromatic heterocycles. The zero-order valence-corrected chi connectivity index (χ0v) is 19.1. The Hall–Kier alpha value is -4.60. The molecule has 0 aliphatic carbocycles. The number of benzene rings is 3. The maximum atomic E-state index is 13.3. The molecular formula is C26H22F3N5O2. The molecule has 1 heterocycles. The second-order valence-corrected chi connectivity index (χ2v) is 7.96. The predicted octanol–water partition coefficient (Wildman–Crippen LogP) is 5.44. The topological polar surface area (TPSA) is 99.0 Å². The van der Waals surface area contributed by atoms with Gasteiger partial charge in [0.25, 0.3) is 5.56 Å². The van der Waals surface area contributed by atoms with Crippen LogP contribution in [0, 0.1) is 5.41 Å². The minimum absolute atomic E-state index is 0.191. The first-order valence-electron chi connectivity index (χ1n) is 10.9. The molecule has 0 fully saturated rings. The molecule has 0 aliphatic heterocycles. The van der Waals surface area contributed by atoms with Crippen LogP contribution < -0.4 is 21.5 Å². The van der Waals surface area contributed by atoms with E-state index >= 15 is 0 Å². The van der Waals surface area contributed by atoms with Crippen molar-refractivity contribution < 1.29 is 18.0 Å². The number of alkyl halides is 3. The van der Waals surface area contributed by atoms with Crippen molar-refractivity contribution >= 4 is 45.6 Å². The van der Waals surface area contributed by atoms with Crippen LogP contribution in [0.1, 0.15) is 11.1 Å². The zero-order valence-electron chi connectivity index (χ0n) is 19.1. The van der Waals surface area contributed by atoms with Gasteiger partial charge in [0.05, 0.1) is 16.6 Å². The summed E-state index contributed by atoms with van der Waals surface area (Å²) in [6.07, 6.45) is -1.75. The van der Waals surface area contributed by atoms with Crippen molar-refractivity contribution in [2.24, 2.45) is 0 Å². The van der Waals surface area contributed by atoms with Crippen LogP contribution in [0.15, 0.2) is 77.7 Å². The van der Waals surface area contributed by atoms with Crippen LogP contribution in [0.25, 0.3) is 10.8 Å². The van der Waals surface area contributed by atoms with Gasteiger partial charge in [0.1, 0.15) is 6.54 Å². The lowest BCUT2D eigenvalue weighted by Gasteiger charge is -2.14. The van der Waals surface area contributed by atoms with Crippen LogP contribution in [0.2, 0.25) is 0 Å². The molecule has 184 valence electrons. The summed E-state index contributed by atoms with van der Waals surface area (Å²) in [5.74, 6) is -0.556. The second-order valence-electron chi connectivity index (χ2n) is 7.96. The van der Waals surface area contributed by atoms with Gasteiger partial charge in [-0.15, -0.1) is 0 Å². The molecule has 10 heteroatoms. The third kappa shape index (κ3) is 5.22. The van der Waals surface area contributed by atoms with Crippen molar-refractivity contribution in [3.8, 4) is 0 Å². The second kappa shape index (κ2) is 9.95. The quantitative estimate of drug-likeness (QED) is 0.258. The van der Waals surface area contributed by atoms with Crippen molar-refractivity contribution in [3.05, 3.63) is 94.4 Å². The van der Waals surface area contributed by atoms with E-state index in [1.54, 1.807) is 37.4 Å². The number of rotatable bonds is 7. The summed E-state index contributed by atoms with van der Waals surface area (Å²) in [7, 11) is 1.76. The van der Waals surface area contributed by atoms with Gasteiger partial charge in [-0.2, -0.15) is 13.2 Å². The van der Waals surface area contributed by atoms with Crippen molar-refractivity contribution in [3.63, 3.8) is 0 Å². The zero-order chi connectivity index (χ0) is 25.9. The number of amides is 1. The molecular weight excluding hydrogens is 471 g/mol. The van der Waals surface area contributed by atoms with E-state index in [1.807, 2.05) is 12.1 Å². The molecule has 1 amide bonds. The first-order chi connectivity index (χ1) is 17.2. The maximum Gasteiger partial charge on any atom is 0.416 e. The first kappa shape index (κ1) is 24.5. The number of carbonyl (C=O) groups excluding carboxylic acids is 1. The Bertz CT molecular complexity index is 1490. The van der Waals surface area contributed by atoms with Crippen molar-refractivity contribution in [2.45, 2.75) is 12.7 Å². The average Bonchev–Trinajstić information content (AvgIpc) is 2.85. The molecule has 7 nitrogen and oxygen atoms in total. The number of hydrogen-bond acceptors (Lipinski definition) is 5. The normalized spacial score (nSPS) is 11.2. The van der Waals surface area contributed by atoms with Gasteiger partial charge in [0, 0.05) is 42.1 Å². The minimum atomic E-state index is -4.47. The van der Waals surface area contributed by atoms with Crippen molar-refractivity contribution in [1.29, 1.82) is 5.41 Å². The number of hydrogen-bond donors (Lipinski definition) is 4. The summed E-state index contributed by atoms with van der Waals surface area (Å²) in [5, 5.41) is 17.4. The number of fused-ring (bicyclic) bond motifs is 1. The lowest BCUT2D eigenvalue weighted by molar-refractivity contribution is -0.137. The van der Waals surface area contributed by atoms with Crippen LogP contribution in [0.3, 0.4) is 0 Å². The van der Waals surface area contributed by atoms with Gasteiger partial charge >= 0.3 is 6.18 Å². The average molecular weight is 493 g/mol. The first-order valence-corrected chi connectivity index (χ1v) is 10.9. The van der Waals surface area contributed by atoms with Gasteiger partial charge in [-0.3, -0.25) is 9.59 Å². The maximum absolute atomic E-state index is 13.3. The Labute approximate surface area is 204 Å². The van der Waals surface area contributed by atoms with E-state index in [9.17, 15) is 22.8 Å². The Kier molecular flexibility index (Phi) is 6.77. The Balaban J connectivity index is 1.59. The van der Waals surface area contributed by atoms with Crippen LogP contribution >= 0.6 is 0 Å². The molecule has 4 N–H and O–H groups in total. The highest BCUT2D eigenvalue weighted by Crippen LogP contribution is 2.30. The minimum Gasteiger partial charge on any atom is -0.388 e. The van der Waals surface area contributed by atoms with Gasteiger partial charge < -0.3 is 25.9 Å². The molecule has 4 aromatic rings. The van der Waals surface area contributed by atoms with Gasteiger partial charge in [0.15, 0.2) is 0 Å². The summed E-state index contributed by atoms with van der Waals surface area (Å²) in [6, 6.07) is 16.5. The number of anilines is 4. The highest BCUT2D eigenvalue weighted by molar-refractivity contribution is 5.96. The van der Waals surface area contributed by atoms with E-state index in [0.717, 1.165) is 30.0 Å². The highest BCUT2D eigenvalue weighted by Gasteiger charge is 2.30. The predicted molar refractivity (Wildman–Crippen MR) is 135 cm³/mol. The Morgan fingerprint density at radius 1 is 1.00 bits per heavy atom. The number of nitrogens with zero attached hydrogens (tertiary/aromatic N) is 1. The summed E-state index contributed by atoms with van der Waals surface area (Å²) in [5.41, 5.74) is 1.63. The molecule has 0 saturated carbocycles. The standard InChI is InChI=1S/C26H22F3N5O2/c1-31-21-10-9-20(13-17(21)14-30)32-22-4-2-3-16-11-12-34(25(36)24(16)22)15-23(35)33-19-7-5-18(6-8-19)26(27,28)29/h2-14,30-32H,15H2,1H3,(H,33,35). The molecule has 0 radical (unpaired) electrons. The van der Waals surface area contributed by atoms with Crippen LogP contribution in [0.5, 0.6) is 0 Å². The number of aromatic nitrogens is 1. The summed E-state index contributed by atoms with van der Waals surface area (Å²) >= 11 is 0. The van der Waals surface area contributed by atoms with E-state index in [1.165, 1.54) is 17.0 Å². The van der Waals surface area contributed by atoms with Gasteiger partial charge in [-0.25, -0.2) is 0 Å². The summed E-state index contributed by atoms with van der Waals surface area (Å²) in [4.78, 5) is 25.8. The molecule has 0 unspecified atom stereocenters. The fourth-order valence-electron chi connectivity index (χ4n) is 3.80. The van der Waals surface area contributed by atoms with Crippen LogP contribution in [-0.4, -0.2) is 23.7 Å². The number of carbonyl (C=O) groups is 1. The van der Waals surface area contributed by atoms with Gasteiger partial charge in [-0.05, 0) is 60.0 Å². The monoisotopic (exact) mass is 493 g/mol. The molecule has 0 atom stereocenters. The third-order valence-electron chi connectivity index (χ3n) is 5.57. The molecule has 0 aliphatic rings. The largest absolute Gasteiger partial charge is 0.416 e. The SMILES string of the molecule is CNc1ccc(Nc2cccc3ccn(CC(=O)Nc4ccc(C(F)(F)F)cc4)c(=O)c23)cc1C=N. The van der Waals surface area contributed by atoms with Crippen LogP contribution in [0.4, 0.5) is 35.9 Å². The Morgan fingerprint density at radius 2 is 1.72 bits per heavy atom. The molecule has 36 heavy (non-hydrogen) atoms. The fourth-order valence-corrected chi connectivity index (χ4v) is 3.80. The number of pyridine rings is 1. The number of halogens is 3. The smallest absolute Gasteiger partial charge is 0.388 e. The van der Waals surface area contributed by atoms with Crippen LogP contribution in [-0.2, 0) is 17.5 Å². The molecule has 0 spiro atoms. The Morgan fingerprint density at radius 3 is 2.39 bits per heavy atom. The van der Waals surface area contributed by atoms with E-state index in [2.05, 4.69) is 16.0 Å².